The number of ether oxygens (including phenoxy) is 1. The third kappa shape index (κ3) is 1.91. The van der Waals surface area contributed by atoms with Crippen molar-refractivity contribution in [3.05, 3.63) is 0 Å². The molecule has 0 aromatic carbocycles. The number of carbonyl (C=O) groups is 1. The molecule has 3 N–H and O–H groups in total. The summed E-state index contributed by atoms with van der Waals surface area (Å²) in [5.74, 6) is -0.881. The average molecular weight is 159 g/mol. The molecular formula is C7H13NO3. The van der Waals surface area contributed by atoms with Crippen LogP contribution in [0.4, 0.5) is 0 Å². The number of aliphatic carboxylic acids is 1. The zero-order valence-electron chi connectivity index (χ0n) is 6.49. The molecule has 1 rings (SSSR count). The van der Waals surface area contributed by atoms with Crippen molar-refractivity contribution in [1.82, 2.24) is 0 Å². The molecule has 0 radical (unpaired) electrons. The first-order valence-corrected chi connectivity index (χ1v) is 3.75. The van der Waals surface area contributed by atoms with Crippen molar-refractivity contribution < 1.29 is 14.6 Å². The zero-order valence-corrected chi connectivity index (χ0v) is 6.49. The lowest BCUT2D eigenvalue weighted by atomic mass is 10.1. The Morgan fingerprint density at radius 3 is 2.64 bits per heavy atom. The molecule has 1 heterocycles. The molecular weight excluding hydrogens is 146 g/mol. The third-order valence-electron chi connectivity index (χ3n) is 1.91. The number of nitrogens with two attached hydrogens (primary N) is 1. The largest absolute Gasteiger partial charge is 0.479 e. The highest BCUT2D eigenvalue weighted by Gasteiger charge is 2.31. The molecule has 0 aliphatic carbocycles. The summed E-state index contributed by atoms with van der Waals surface area (Å²) in [5.41, 5.74) is 5.54. The molecule has 0 aromatic rings. The van der Waals surface area contributed by atoms with Gasteiger partial charge in [-0.05, 0) is 19.8 Å². The van der Waals surface area contributed by atoms with Crippen LogP contribution in [0, 0.1) is 0 Å². The molecule has 0 amide bonds. The van der Waals surface area contributed by atoms with Gasteiger partial charge in [-0.3, -0.25) is 0 Å². The van der Waals surface area contributed by atoms with Crippen molar-refractivity contribution in [2.75, 3.05) is 0 Å². The van der Waals surface area contributed by atoms with E-state index < -0.39 is 12.1 Å². The maximum atomic E-state index is 10.4. The average Bonchev–Trinajstić information content (AvgIpc) is 2.33. The third-order valence-corrected chi connectivity index (χ3v) is 1.91. The Morgan fingerprint density at radius 1 is 1.73 bits per heavy atom. The van der Waals surface area contributed by atoms with Gasteiger partial charge in [0.1, 0.15) is 0 Å². The van der Waals surface area contributed by atoms with Crippen LogP contribution in [0.25, 0.3) is 0 Å². The molecule has 11 heavy (non-hydrogen) atoms. The highest BCUT2D eigenvalue weighted by molar-refractivity contribution is 5.72. The maximum Gasteiger partial charge on any atom is 0.332 e. The minimum absolute atomic E-state index is 0.0700. The Labute approximate surface area is 65.3 Å². The second kappa shape index (κ2) is 3.19. The monoisotopic (exact) mass is 159 g/mol. The van der Waals surface area contributed by atoms with E-state index in [1.54, 1.807) is 0 Å². The highest BCUT2D eigenvalue weighted by Crippen LogP contribution is 2.21. The molecule has 2 unspecified atom stereocenters. The first-order chi connectivity index (χ1) is 5.11. The van der Waals surface area contributed by atoms with Gasteiger partial charge in [0.05, 0.1) is 6.10 Å². The standard InChI is InChI=1S/C7H13NO3/c1-4(8)5-2-3-6(11-5)7(9)10/h4-6H,2-3,8H2,1H3,(H,9,10)/t4-,5?,6?/m1/s1. The van der Waals surface area contributed by atoms with E-state index in [4.69, 9.17) is 15.6 Å². The fourth-order valence-corrected chi connectivity index (χ4v) is 1.23. The van der Waals surface area contributed by atoms with Crippen molar-refractivity contribution in [2.45, 2.75) is 38.0 Å². The van der Waals surface area contributed by atoms with E-state index >= 15 is 0 Å². The minimum Gasteiger partial charge on any atom is -0.479 e. The maximum absolute atomic E-state index is 10.4. The molecule has 1 aliphatic rings. The van der Waals surface area contributed by atoms with Gasteiger partial charge in [-0.1, -0.05) is 0 Å². The van der Waals surface area contributed by atoms with Crippen LogP contribution in [0.2, 0.25) is 0 Å². The molecule has 4 heteroatoms. The van der Waals surface area contributed by atoms with Gasteiger partial charge in [0.2, 0.25) is 0 Å². The van der Waals surface area contributed by atoms with Crippen molar-refractivity contribution in [3.8, 4) is 0 Å². The summed E-state index contributed by atoms with van der Waals surface area (Å²) in [4.78, 5) is 10.4. The van der Waals surface area contributed by atoms with Crippen molar-refractivity contribution in [3.63, 3.8) is 0 Å². The molecule has 0 spiro atoms. The van der Waals surface area contributed by atoms with Crippen LogP contribution in [0.5, 0.6) is 0 Å². The molecule has 1 aliphatic heterocycles. The van der Waals surface area contributed by atoms with Crippen molar-refractivity contribution in [2.24, 2.45) is 5.73 Å². The second-order valence-electron chi connectivity index (χ2n) is 2.94. The van der Waals surface area contributed by atoms with Crippen molar-refractivity contribution in [1.29, 1.82) is 0 Å². The smallest absolute Gasteiger partial charge is 0.332 e. The van der Waals surface area contributed by atoms with Gasteiger partial charge in [0.25, 0.3) is 0 Å². The quantitative estimate of drug-likeness (QED) is 0.593. The molecule has 4 nitrogen and oxygen atoms in total. The summed E-state index contributed by atoms with van der Waals surface area (Å²) < 4.78 is 5.16. The molecule has 64 valence electrons. The van der Waals surface area contributed by atoms with Crippen LogP contribution >= 0.6 is 0 Å². The summed E-state index contributed by atoms with van der Waals surface area (Å²) in [6.45, 7) is 1.83. The fraction of sp³-hybridized carbons (Fsp3) is 0.857. The van der Waals surface area contributed by atoms with E-state index in [1.165, 1.54) is 0 Å². The van der Waals surface area contributed by atoms with E-state index in [0.29, 0.717) is 6.42 Å². The van der Waals surface area contributed by atoms with E-state index in [0.717, 1.165) is 6.42 Å². The van der Waals surface area contributed by atoms with Gasteiger partial charge in [0, 0.05) is 6.04 Å². The van der Waals surface area contributed by atoms with Gasteiger partial charge >= 0.3 is 5.97 Å². The second-order valence-corrected chi connectivity index (χ2v) is 2.94. The Bertz CT molecular complexity index is 158. The van der Waals surface area contributed by atoms with Crippen LogP contribution in [0.1, 0.15) is 19.8 Å². The number of carboxylic acid groups (broad SMARTS) is 1. The summed E-state index contributed by atoms with van der Waals surface area (Å²) in [7, 11) is 0. The lowest BCUT2D eigenvalue weighted by Crippen LogP contribution is -2.32. The Kier molecular flexibility index (Phi) is 2.46. The number of hydrogen-bond acceptors (Lipinski definition) is 3. The van der Waals surface area contributed by atoms with Crippen LogP contribution in [0.3, 0.4) is 0 Å². The van der Waals surface area contributed by atoms with Crippen LogP contribution in [-0.2, 0) is 9.53 Å². The lowest BCUT2D eigenvalue weighted by molar-refractivity contribution is -0.149. The van der Waals surface area contributed by atoms with E-state index in [-0.39, 0.29) is 12.1 Å². The molecule has 3 atom stereocenters. The van der Waals surface area contributed by atoms with Crippen LogP contribution in [0.15, 0.2) is 0 Å². The van der Waals surface area contributed by atoms with Gasteiger partial charge < -0.3 is 15.6 Å². The molecule has 1 saturated heterocycles. The summed E-state index contributed by atoms with van der Waals surface area (Å²) in [6, 6.07) is -0.0700. The molecule has 1 fully saturated rings. The predicted molar refractivity (Wildman–Crippen MR) is 39.2 cm³/mol. The van der Waals surface area contributed by atoms with Gasteiger partial charge in [0.15, 0.2) is 6.10 Å². The summed E-state index contributed by atoms with van der Waals surface area (Å²) in [5, 5.41) is 8.55. The fourth-order valence-electron chi connectivity index (χ4n) is 1.23. The normalized spacial score (nSPS) is 33.6. The molecule has 0 aromatic heterocycles. The molecule has 0 bridgehead atoms. The Balaban J connectivity index is 2.41. The predicted octanol–water partition coefficient (Wildman–Crippen LogP) is -0.0342. The molecule has 0 saturated carbocycles. The number of rotatable bonds is 2. The minimum atomic E-state index is -0.881. The van der Waals surface area contributed by atoms with E-state index in [9.17, 15) is 4.79 Å². The highest BCUT2D eigenvalue weighted by atomic mass is 16.5. The number of carboxylic acids is 1. The van der Waals surface area contributed by atoms with Gasteiger partial charge in [-0.25, -0.2) is 4.79 Å². The van der Waals surface area contributed by atoms with Crippen LogP contribution in [-0.4, -0.2) is 29.3 Å². The van der Waals surface area contributed by atoms with E-state index in [1.807, 2.05) is 6.92 Å². The summed E-state index contributed by atoms with van der Waals surface area (Å²) >= 11 is 0. The topological polar surface area (TPSA) is 72.6 Å². The Hall–Kier alpha value is -0.610. The first-order valence-electron chi connectivity index (χ1n) is 3.75. The van der Waals surface area contributed by atoms with E-state index in [2.05, 4.69) is 0 Å². The number of hydrogen-bond donors (Lipinski definition) is 2. The lowest BCUT2D eigenvalue weighted by Gasteiger charge is -2.13. The Morgan fingerprint density at radius 2 is 2.36 bits per heavy atom. The van der Waals surface area contributed by atoms with Gasteiger partial charge in [-0.15, -0.1) is 0 Å². The summed E-state index contributed by atoms with van der Waals surface area (Å²) in [6.07, 6.45) is 0.637. The van der Waals surface area contributed by atoms with Crippen molar-refractivity contribution >= 4 is 5.97 Å². The van der Waals surface area contributed by atoms with Crippen LogP contribution < -0.4 is 5.73 Å². The van der Waals surface area contributed by atoms with Gasteiger partial charge in [-0.2, -0.15) is 0 Å². The zero-order chi connectivity index (χ0) is 8.43. The first kappa shape index (κ1) is 8.49. The SMILES string of the molecule is C[C@@H](N)C1CCC(C(=O)O)O1.